The summed E-state index contributed by atoms with van der Waals surface area (Å²) in [5.74, 6) is 6.73. The second kappa shape index (κ2) is 12.9. The van der Waals surface area contributed by atoms with Crippen LogP contribution in [0.3, 0.4) is 0 Å². The van der Waals surface area contributed by atoms with E-state index in [1.807, 2.05) is 38.4 Å². The van der Waals surface area contributed by atoms with Crippen LogP contribution in [0.5, 0.6) is 0 Å². The molecule has 2 N–H and O–H groups in total. The van der Waals surface area contributed by atoms with Crippen molar-refractivity contribution in [3.8, 4) is 23.1 Å². The number of nitrogens with one attached hydrogen (secondary N) is 2. The van der Waals surface area contributed by atoms with E-state index < -0.39 is 0 Å². The lowest BCUT2D eigenvalue weighted by molar-refractivity contribution is 0.102. The Morgan fingerprint density at radius 3 is 2.66 bits per heavy atom. The van der Waals surface area contributed by atoms with E-state index >= 15 is 0 Å². The van der Waals surface area contributed by atoms with Crippen molar-refractivity contribution in [3.63, 3.8) is 0 Å². The summed E-state index contributed by atoms with van der Waals surface area (Å²) in [6, 6.07) is 22.8. The number of benzene rings is 3. The number of carbonyl (C=O) groups is 1. The second-order valence-electron chi connectivity index (χ2n) is 9.21. The van der Waals surface area contributed by atoms with Gasteiger partial charge in [0.1, 0.15) is 12.1 Å². The molecule has 6 nitrogen and oxygen atoms in total. The van der Waals surface area contributed by atoms with E-state index in [2.05, 4.69) is 62.5 Å². The molecule has 0 saturated carbocycles. The van der Waals surface area contributed by atoms with Crippen molar-refractivity contribution in [2.45, 2.75) is 19.9 Å². The van der Waals surface area contributed by atoms with Crippen LogP contribution in [0.15, 0.2) is 79.1 Å². The van der Waals surface area contributed by atoms with Crippen molar-refractivity contribution in [1.29, 1.82) is 0 Å². The summed E-state index contributed by atoms with van der Waals surface area (Å²) in [6.07, 6.45) is 2.26. The van der Waals surface area contributed by atoms with Crippen molar-refractivity contribution in [3.05, 3.63) is 106 Å². The molecule has 0 bridgehead atoms. The zero-order valence-electron chi connectivity index (χ0n) is 21.8. The van der Waals surface area contributed by atoms with Gasteiger partial charge in [-0.05, 0) is 63.0 Å². The van der Waals surface area contributed by atoms with Gasteiger partial charge in [-0.1, -0.05) is 59.3 Å². The van der Waals surface area contributed by atoms with Gasteiger partial charge in [0.15, 0.2) is 0 Å². The minimum absolute atomic E-state index is 0.239. The number of aryl methyl sites for hydroxylation is 1. The van der Waals surface area contributed by atoms with Crippen molar-refractivity contribution in [2.75, 3.05) is 31.3 Å². The van der Waals surface area contributed by atoms with Gasteiger partial charge < -0.3 is 15.5 Å². The first-order valence-electron chi connectivity index (χ1n) is 12.3. The van der Waals surface area contributed by atoms with Gasteiger partial charge >= 0.3 is 0 Å². The highest BCUT2D eigenvalue weighted by atomic mass is 35.5. The lowest BCUT2D eigenvalue weighted by atomic mass is 10.1. The lowest BCUT2D eigenvalue weighted by Gasteiger charge is -2.13. The number of aromatic nitrogens is 2. The Balaban J connectivity index is 1.52. The topological polar surface area (TPSA) is 70.2 Å². The standard InChI is InChI=1S/C31H30ClN5O/c1-22-8-6-11-24(16-22)20-33-30-19-29(34-21-35-30)27-18-26(32)13-14-28(27)36-31(38)25-12-7-10-23(17-25)9-4-5-15-37(2)3/h6-8,10-14,16-19,21H,5,15,20H2,1-3H3,(H,36,38)(H,33,34,35). The molecule has 4 rings (SSSR count). The van der Waals surface area contributed by atoms with E-state index in [0.29, 0.717) is 39.9 Å². The first-order chi connectivity index (χ1) is 18.4. The Hall–Kier alpha value is -4.18. The van der Waals surface area contributed by atoms with Crippen LogP contribution >= 0.6 is 11.6 Å². The fraction of sp³-hybridized carbons (Fsp3) is 0.194. The largest absolute Gasteiger partial charge is 0.366 e. The maximum Gasteiger partial charge on any atom is 0.255 e. The summed E-state index contributed by atoms with van der Waals surface area (Å²) in [7, 11) is 4.03. The molecule has 192 valence electrons. The van der Waals surface area contributed by atoms with Crippen molar-refractivity contribution in [2.24, 2.45) is 0 Å². The average Bonchev–Trinajstić information content (AvgIpc) is 2.91. The summed E-state index contributed by atoms with van der Waals surface area (Å²) in [4.78, 5) is 24.1. The smallest absolute Gasteiger partial charge is 0.255 e. The number of halogens is 1. The minimum atomic E-state index is -0.239. The van der Waals surface area contributed by atoms with Crippen LogP contribution in [-0.2, 0) is 6.54 Å². The molecule has 0 saturated heterocycles. The number of amides is 1. The number of anilines is 2. The lowest BCUT2D eigenvalue weighted by Crippen LogP contribution is -2.13. The molecule has 1 amide bonds. The van der Waals surface area contributed by atoms with E-state index in [4.69, 9.17) is 11.6 Å². The van der Waals surface area contributed by atoms with Gasteiger partial charge in [-0.15, -0.1) is 0 Å². The Morgan fingerprint density at radius 2 is 1.84 bits per heavy atom. The first kappa shape index (κ1) is 26.9. The van der Waals surface area contributed by atoms with E-state index in [-0.39, 0.29) is 5.91 Å². The number of nitrogens with zero attached hydrogens (tertiary/aromatic N) is 3. The molecular weight excluding hydrogens is 494 g/mol. The Morgan fingerprint density at radius 1 is 1.00 bits per heavy atom. The van der Waals surface area contributed by atoms with Crippen LogP contribution in [-0.4, -0.2) is 41.4 Å². The molecule has 0 fully saturated rings. The summed E-state index contributed by atoms with van der Waals surface area (Å²) in [6.45, 7) is 3.59. The van der Waals surface area contributed by atoms with E-state index in [1.165, 1.54) is 11.9 Å². The van der Waals surface area contributed by atoms with Gasteiger partial charge in [-0.2, -0.15) is 0 Å². The average molecular weight is 524 g/mol. The van der Waals surface area contributed by atoms with Crippen LogP contribution in [0.4, 0.5) is 11.5 Å². The number of hydrogen-bond donors (Lipinski definition) is 2. The molecule has 4 aromatic rings. The maximum atomic E-state index is 13.2. The van der Waals surface area contributed by atoms with Crippen molar-refractivity contribution in [1.82, 2.24) is 14.9 Å². The van der Waals surface area contributed by atoms with Crippen LogP contribution < -0.4 is 10.6 Å². The van der Waals surface area contributed by atoms with E-state index in [0.717, 1.165) is 24.1 Å². The summed E-state index contributed by atoms with van der Waals surface area (Å²) >= 11 is 6.33. The molecule has 1 heterocycles. The normalized spacial score (nSPS) is 10.6. The molecule has 0 radical (unpaired) electrons. The number of rotatable bonds is 8. The van der Waals surface area contributed by atoms with Gasteiger partial charge in [0, 0.05) is 47.3 Å². The second-order valence-corrected chi connectivity index (χ2v) is 9.65. The van der Waals surface area contributed by atoms with Gasteiger partial charge in [0.05, 0.1) is 11.4 Å². The summed E-state index contributed by atoms with van der Waals surface area (Å²) in [5.41, 5.74) is 5.63. The highest BCUT2D eigenvalue weighted by molar-refractivity contribution is 6.31. The third-order valence-electron chi connectivity index (χ3n) is 5.77. The molecular formula is C31H30ClN5O. The van der Waals surface area contributed by atoms with Crippen LogP contribution in [0.2, 0.25) is 5.02 Å². The fourth-order valence-electron chi connectivity index (χ4n) is 3.83. The zero-order valence-corrected chi connectivity index (χ0v) is 22.5. The molecule has 7 heteroatoms. The maximum absolute atomic E-state index is 13.2. The third kappa shape index (κ3) is 7.66. The fourth-order valence-corrected chi connectivity index (χ4v) is 4.00. The third-order valence-corrected chi connectivity index (χ3v) is 6.01. The molecule has 0 unspecified atom stereocenters. The predicted molar refractivity (Wildman–Crippen MR) is 155 cm³/mol. The molecule has 0 aliphatic carbocycles. The Kier molecular flexibility index (Phi) is 9.10. The summed E-state index contributed by atoms with van der Waals surface area (Å²) < 4.78 is 0. The quantitative estimate of drug-likeness (QED) is 0.266. The Bertz CT molecular complexity index is 1490. The number of carbonyl (C=O) groups excluding carboxylic acids is 1. The molecule has 0 atom stereocenters. The minimum Gasteiger partial charge on any atom is -0.366 e. The van der Waals surface area contributed by atoms with Crippen LogP contribution in [0, 0.1) is 18.8 Å². The molecule has 3 aromatic carbocycles. The molecule has 0 spiro atoms. The van der Waals surface area contributed by atoms with Crippen molar-refractivity contribution < 1.29 is 4.79 Å². The SMILES string of the molecule is Cc1cccc(CNc2cc(-c3cc(Cl)ccc3NC(=O)c3cccc(C#CCCN(C)C)c3)ncn2)c1. The predicted octanol–water partition coefficient (Wildman–Crippen LogP) is 6.27. The Labute approximate surface area is 229 Å². The highest BCUT2D eigenvalue weighted by Crippen LogP contribution is 2.31. The molecule has 0 aliphatic rings. The van der Waals surface area contributed by atoms with Gasteiger partial charge in [-0.25, -0.2) is 9.97 Å². The molecule has 0 aliphatic heterocycles. The van der Waals surface area contributed by atoms with Gasteiger partial charge in [0.25, 0.3) is 5.91 Å². The summed E-state index contributed by atoms with van der Waals surface area (Å²) in [5, 5.41) is 6.90. The number of hydrogen-bond acceptors (Lipinski definition) is 5. The van der Waals surface area contributed by atoms with Gasteiger partial charge in [0.2, 0.25) is 0 Å². The van der Waals surface area contributed by atoms with Gasteiger partial charge in [-0.3, -0.25) is 4.79 Å². The molecule has 1 aromatic heterocycles. The molecule has 38 heavy (non-hydrogen) atoms. The van der Waals surface area contributed by atoms with Crippen LogP contribution in [0.1, 0.15) is 33.5 Å². The monoisotopic (exact) mass is 523 g/mol. The first-order valence-corrected chi connectivity index (χ1v) is 12.7. The van der Waals surface area contributed by atoms with Crippen molar-refractivity contribution >= 4 is 29.0 Å². The van der Waals surface area contributed by atoms with E-state index in [1.54, 1.807) is 30.3 Å². The van der Waals surface area contributed by atoms with E-state index in [9.17, 15) is 4.79 Å². The zero-order chi connectivity index (χ0) is 26.9. The highest BCUT2D eigenvalue weighted by Gasteiger charge is 2.13. The van der Waals surface area contributed by atoms with Crippen LogP contribution in [0.25, 0.3) is 11.3 Å².